The summed E-state index contributed by atoms with van der Waals surface area (Å²) in [6.45, 7) is 0. The van der Waals surface area contributed by atoms with E-state index in [4.69, 9.17) is 15.0 Å². The molecule has 0 radical (unpaired) electrons. The zero-order chi connectivity index (χ0) is 31.2. The van der Waals surface area contributed by atoms with Crippen molar-refractivity contribution < 1.29 is 0 Å². The second-order valence-electron chi connectivity index (χ2n) is 12.0. The quantitative estimate of drug-likeness (QED) is 0.190. The molecule has 1 unspecified atom stereocenters. The average molecular weight is 616 g/mol. The predicted octanol–water partition coefficient (Wildman–Crippen LogP) is 7.38. The van der Waals surface area contributed by atoms with Gasteiger partial charge in [0.2, 0.25) is 0 Å². The van der Waals surface area contributed by atoms with E-state index in [0.717, 1.165) is 16.7 Å². The number of hydrogen-bond donors (Lipinski definition) is 0. The van der Waals surface area contributed by atoms with E-state index in [-0.39, 0.29) is 0 Å². The van der Waals surface area contributed by atoms with Crippen LogP contribution in [-0.2, 0) is 0 Å². The molecule has 2 heterocycles. The molecule has 0 saturated carbocycles. The van der Waals surface area contributed by atoms with E-state index < -0.39 is 8.07 Å². The number of aromatic nitrogens is 3. The van der Waals surface area contributed by atoms with E-state index in [2.05, 4.69) is 140 Å². The molecule has 0 aliphatic carbocycles. The first-order chi connectivity index (χ1) is 23.3. The van der Waals surface area contributed by atoms with Crippen molar-refractivity contribution in [1.82, 2.24) is 15.0 Å². The number of nitrogens with zero attached hydrogens (tertiary/aromatic N) is 3. The molecule has 0 fully saturated rings. The van der Waals surface area contributed by atoms with Crippen LogP contribution in [0.3, 0.4) is 0 Å². The summed E-state index contributed by atoms with van der Waals surface area (Å²) < 4.78 is 0. The maximum absolute atomic E-state index is 5.11. The molecule has 9 rings (SSSR count). The molecule has 220 valence electrons. The standard InChI is InChI=1S/C43H29N3Si/c1-4-16-31(17-5-1)41-44-42(32-18-6-2-7-19-32)46-43(45-41)33-27-28-37-36-24-12-13-25-39(36)47(40(37)29-33,34-21-8-3-9-22-34)38-26-14-20-30-15-10-11-23-35(30)38/h1-29H. The smallest absolute Gasteiger partial charge is 0.181 e. The fourth-order valence-corrected chi connectivity index (χ4v) is 12.8. The normalized spacial score (nSPS) is 14.9. The van der Waals surface area contributed by atoms with Gasteiger partial charge in [-0.1, -0.05) is 176 Å². The molecule has 1 aromatic heterocycles. The van der Waals surface area contributed by atoms with Gasteiger partial charge in [-0.15, -0.1) is 0 Å². The minimum atomic E-state index is -2.78. The van der Waals surface area contributed by atoms with E-state index >= 15 is 0 Å². The van der Waals surface area contributed by atoms with Gasteiger partial charge in [-0.25, -0.2) is 15.0 Å². The summed E-state index contributed by atoms with van der Waals surface area (Å²) in [6, 6.07) is 63.0. The van der Waals surface area contributed by atoms with Gasteiger partial charge in [-0.05, 0) is 42.6 Å². The van der Waals surface area contributed by atoms with E-state index in [1.807, 2.05) is 36.4 Å². The van der Waals surface area contributed by atoms with Crippen LogP contribution >= 0.6 is 0 Å². The summed E-state index contributed by atoms with van der Waals surface area (Å²) in [5, 5.41) is 8.10. The molecule has 1 aliphatic heterocycles. The summed E-state index contributed by atoms with van der Waals surface area (Å²) in [4.78, 5) is 15.2. The monoisotopic (exact) mass is 615 g/mol. The zero-order valence-electron chi connectivity index (χ0n) is 25.6. The number of rotatable bonds is 5. The highest BCUT2D eigenvalue weighted by molar-refractivity contribution is 7.23. The SMILES string of the molecule is c1ccc(-c2nc(-c3ccccc3)nc(-c3ccc4c(c3)[Si](c3ccccc3)(c3cccc5ccccc35)c3ccccc3-4)n2)cc1. The molecule has 1 atom stereocenters. The summed E-state index contributed by atoms with van der Waals surface area (Å²) in [5.41, 5.74) is 5.51. The van der Waals surface area contributed by atoms with Gasteiger partial charge in [0.25, 0.3) is 0 Å². The van der Waals surface area contributed by atoms with Gasteiger partial charge < -0.3 is 0 Å². The Kier molecular flexibility index (Phi) is 6.47. The van der Waals surface area contributed by atoms with E-state index in [9.17, 15) is 0 Å². The van der Waals surface area contributed by atoms with Gasteiger partial charge in [0.15, 0.2) is 25.5 Å². The van der Waals surface area contributed by atoms with Crippen LogP contribution in [0.1, 0.15) is 0 Å². The first kappa shape index (κ1) is 27.3. The Bertz CT molecular complexity index is 2350. The maximum Gasteiger partial charge on any atom is 0.181 e. The number of hydrogen-bond acceptors (Lipinski definition) is 3. The lowest BCUT2D eigenvalue weighted by molar-refractivity contribution is 1.07. The van der Waals surface area contributed by atoms with Gasteiger partial charge in [0.05, 0.1) is 0 Å². The Morgan fingerprint density at radius 2 is 0.851 bits per heavy atom. The van der Waals surface area contributed by atoms with Gasteiger partial charge in [-0.2, -0.15) is 0 Å². The lowest BCUT2D eigenvalue weighted by Gasteiger charge is -2.32. The van der Waals surface area contributed by atoms with Crippen LogP contribution in [0.4, 0.5) is 0 Å². The van der Waals surface area contributed by atoms with Crippen LogP contribution in [-0.4, -0.2) is 23.0 Å². The van der Waals surface area contributed by atoms with Crippen LogP contribution in [0.25, 0.3) is 56.1 Å². The number of fused-ring (bicyclic) bond motifs is 4. The Morgan fingerprint density at radius 1 is 0.340 bits per heavy atom. The molecule has 0 bridgehead atoms. The second-order valence-corrected chi connectivity index (χ2v) is 15.7. The third-order valence-electron chi connectivity index (χ3n) is 9.40. The van der Waals surface area contributed by atoms with E-state index in [1.54, 1.807) is 0 Å². The van der Waals surface area contributed by atoms with Crippen molar-refractivity contribution >= 4 is 39.6 Å². The third kappa shape index (κ3) is 4.37. The highest BCUT2D eigenvalue weighted by Crippen LogP contribution is 2.33. The first-order valence-electron chi connectivity index (χ1n) is 16.0. The van der Waals surface area contributed by atoms with Crippen molar-refractivity contribution in [3.63, 3.8) is 0 Å². The lowest BCUT2D eigenvalue weighted by atomic mass is 10.0. The zero-order valence-corrected chi connectivity index (χ0v) is 26.6. The Hall–Kier alpha value is -5.97. The molecule has 47 heavy (non-hydrogen) atoms. The van der Waals surface area contributed by atoms with Gasteiger partial charge in [-0.3, -0.25) is 0 Å². The summed E-state index contributed by atoms with van der Waals surface area (Å²) in [5.74, 6) is 2.00. The van der Waals surface area contributed by atoms with Crippen LogP contribution < -0.4 is 20.7 Å². The van der Waals surface area contributed by atoms with Gasteiger partial charge >= 0.3 is 0 Å². The second kappa shape index (κ2) is 11.1. The molecule has 0 saturated heterocycles. The van der Waals surface area contributed by atoms with Gasteiger partial charge in [0, 0.05) is 16.7 Å². The molecule has 4 heteroatoms. The minimum absolute atomic E-state index is 0.666. The van der Waals surface area contributed by atoms with E-state index in [1.165, 1.54) is 42.6 Å². The van der Waals surface area contributed by atoms with Crippen molar-refractivity contribution in [1.29, 1.82) is 0 Å². The highest BCUT2D eigenvalue weighted by Gasteiger charge is 2.49. The molecular formula is C43H29N3Si. The van der Waals surface area contributed by atoms with Crippen LogP contribution in [0.2, 0.25) is 0 Å². The van der Waals surface area contributed by atoms with Crippen molar-refractivity contribution in [2.45, 2.75) is 0 Å². The Labute approximate surface area is 274 Å². The summed E-state index contributed by atoms with van der Waals surface area (Å²) >= 11 is 0. The van der Waals surface area contributed by atoms with Crippen molar-refractivity contribution in [2.75, 3.05) is 0 Å². The highest BCUT2D eigenvalue weighted by atomic mass is 28.3. The fourth-order valence-electron chi connectivity index (χ4n) is 7.35. The minimum Gasteiger partial charge on any atom is -0.208 e. The molecule has 0 spiro atoms. The van der Waals surface area contributed by atoms with Gasteiger partial charge in [0.1, 0.15) is 0 Å². The molecule has 8 aromatic rings. The molecular weight excluding hydrogens is 587 g/mol. The topological polar surface area (TPSA) is 38.7 Å². The Balaban J connectivity index is 1.35. The average Bonchev–Trinajstić information content (AvgIpc) is 3.46. The predicted molar refractivity (Wildman–Crippen MR) is 196 cm³/mol. The Morgan fingerprint density at radius 3 is 1.55 bits per heavy atom. The van der Waals surface area contributed by atoms with Crippen molar-refractivity contribution in [3.05, 3.63) is 176 Å². The third-order valence-corrected chi connectivity index (χ3v) is 14.3. The fraction of sp³-hybridized carbons (Fsp3) is 0. The first-order valence-corrected chi connectivity index (χ1v) is 18.0. The molecule has 0 amide bonds. The number of benzene rings is 7. The molecule has 0 N–H and O–H groups in total. The van der Waals surface area contributed by atoms with Crippen LogP contribution in [0, 0.1) is 0 Å². The maximum atomic E-state index is 5.11. The van der Waals surface area contributed by atoms with Crippen LogP contribution in [0.15, 0.2) is 176 Å². The molecule has 7 aromatic carbocycles. The van der Waals surface area contributed by atoms with E-state index in [0.29, 0.717) is 17.5 Å². The summed E-state index contributed by atoms with van der Waals surface area (Å²) in [7, 11) is -2.78. The largest absolute Gasteiger partial charge is 0.208 e. The van der Waals surface area contributed by atoms with Crippen molar-refractivity contribution in [3.8, 4) is 45.3 Å². The molecule has 3 nitrogen and oxygen atoms in total. The lowest BCUT2D eigenvalue weighted by Crippen LogP contribution is -2.73. The summed E-state index contributed by atoms with van der Waals surface area (Å²) in [6.07, 6.45) is 0. The van der Waals surface area contributed by atoms with Crippen LogP contribution in [0.5, 0.6) is 0 Å². The molecule has 1 aliphatic rings. The van der Waals surface area contributed by atoms with Crippen molar-refractivity contribution in [2.24, 2.45) is 0 Å².